The summed E-state index contributed by atoms with van der Waals surface area (Å²) in [6.07, 6.45) is 0.804. The van der Waals surface area contributed by atoms with E-state index in [1.165, 1.54) is 0 Å². The molecular formula is C10H20N2O3. The van der Waals surface area contributed by atoms with Gasteiger partial charge in [-0.2, -0.15) is 0 Å². The minimum Gasteiger partial charge on any atom is -0.396 e. The molecule has 5 heteroatoms. The normalized spacial score (nSPS) is 10.1. The van der Waals surface area contributed by atoms with Crippen LogP contribution < -0.4 is 10.6 Å². The molecule has 0 radical (unpaired) electrons. The van der Waals surface area contributed by atoms with E-state index >= 15 is 0 Å². The van der Waals surface area contributed by atoms with Gasteiger partial charge in [0.15, 0.2) is 0 Å². The van der Waals surface area contributed by atoms with Crippen molar-refractivity contribution in [3.63, 3.8) is 0 Å². The number of aliphatic hydroxyl groups is 1. The summed E-state index contributed by atoms with van der Waals surface area (Å²) in [5.41, 5.74) is 0. The minimum atomic E-state index is -0.0946. The highest BCUT2D eigenvalue weighted by Gasteiger charge is 2.05. The van der Waals surface area contributed by atoms with Crippen LogP contribution in [0.15, 0.2) is 0 Å². The molecule has 2 amide bonds. The summed E-state index contributed by atoms with van der Waals surface area (Å²) in [6, 6.07) is 0. The first-order valence-corrected chi connectivity index (χ1v) is 5.23. The zero-order chi connectivity index (χ0) is 11.7. The van der Waals surface area contributed by atoms with E-state index in [1.807, 2.05) is 13.8 Å². The standard InChI is InChI=1S/C10H20N2O3/c1-8(2)10(15)12-6-5-11-9(14)4-3-7-13/h8,13H,3-7H2,1-2H3,(H,11,14)(H,12,15). The Morgan fingerprint density at radius 2 is 1.80 bits per heavy atom. The van der Waals surface area contributed by atoms with Crippen molar-refractivity contribution in [1.29, 1.82) is 0 Å². The maximum atomic E-state index is 11.1. The van der Waals surface area contributed by atoms with Crippen molar-refractivity contribution in [1.82, 2.24) is 10.6 Å². The summed E-state index contributed by atoms with van der Waals surface area (Å²) in [7, 11) is 0. The van der Waals surface area contributed by atoms with Crippen LogP contribution >= 0.6 is 0 Å². The van der Waals surface area contributed by atoms with Gasteiger partial charge in [0, 0.05) is 32.0 Å². The van der Waals surface area contributed by atoms with Gasteiger partial charge >= 0.3 is 0 Å². The van der Waals surface area contributed by atoms with Gasteiger partial charge in [-0.05, 0) is 6.42 Å². The summed E-state index contributed by atoms with van der Waals surface area (Å²) in [5, 5.41) is 13.8. The van der Waals surface area contributed by atoms with Crippen molar-refractivity contribution in [3.8, 4) is 0 Å². The van der Waals surface area contributed by atoms with Crippen molar-refractivity contribution in [3.05, 3.63) is 0 Å². The maximum absolute atomic E-state index is 11.1. The molecular weight excluding hydrogens is 196 g/mol. The fourth-order valence-corrected chi connectivity index (χ4v) is 0.920. The first-order chi connectivity index (χ1) is 7.07. The number of hydrogen-bond acceptors (Lipinski definition) is 3. The van der Waals surface area contributed by atoms with Crippen molar-refractivity contribution < 1.29 is 14.7 Å². The summed E-state index contributed by atoms with van der Waals surface area (Å²) >= 11 is 0. The average Bonchev–Trinajstić information content (AvgIpc) is 2.20. The van der Waals surface area contributed by atoms with Gasteiger partial charge in [0.25, 0.3) is 0 Å². The van der Waals surface area contributed by atoms with Crippen LogP contribution in [0.2, 0.25) is 0 Å². The van der Waals surface area contributed by atoms with Crippen molar-refractivity contribution in [2.24, 2.45) is 5.92 Å². The molecule has 0 bridgehead atoms. The molecule has 15 heavy (non-hydrogen) atoms. The van der Waals surface area contributed by atoms with Crippen molar-refractivity contribution >= 4 is 11.8 Å². The Labute approximate surface area is 90.2 Å². The Balaban J connectivity index is 3.38. The van der Waals surface area contributed by atoms with E-state index < -0.39 is 0 Å². The van der Waals surface area contributed by atoms with E-state index in [1.54, 1.807) is 0 Å². The van der Waals surface area contributed by atoms with Gasteiger partial charge < -0.3 is 15.7 Å². The maximum Gasteiger partial charge on any atom is 0.222 e. The lowest BCUT2D eigenvalue weighted by atomic mass is 10.2. The number of amides is 2. The van der Waals surface area contributed by atoms with E-state index in [0.29, 0.717) is 25.9 Å². The Morgan fingerprint density at radius 1 is 1.20 bits per heavy atom. The van der Waals surface area contributed by atoms with E-state index in [-0.39, 0.29) is 24.3 Å². The minimum absolute atomic E-state index is 0.0143. The first-order valence-electron chi connectivity index (χ1n) is 5.23. The third kappa shape index (κ3) is 7.93. The second-order valence-electron chi connectivity index (χ2n) is 3.62. The third-order valence-electron chi connectivity index (χ3n) is 1.83. The summed E-state index contributed by atoms with van der Waals surface area (Å²) < 4.78 is 0. The number of carbonyl (C=O) groups excluding carboxylic acids is 2. The predicted molar refractivity (Wildman–Crippen MR) is 57.2 cm³/mol. The largest absolute Gasteiger partial charge is 0.396 e. The number of aliphatic hydroxyl groups excluding tert-OH is 1. The number of hydrogen-bond donors (Lipinski definition) is 3. The molecule has 0 fully saturated rings. The lowest BCUT2D eigenvalue weighted by Crippen LogP contribution is -2.36. The zero-order valence-electron chi connectivity index (χ0n) is 9.38. The van der Waals surface area contributed by atoms with Crippen LogP contribution in [0.1, 0.15) is 26.7 Å². The zero-order valence-corrected chi connectivity index (χ0v) is 9.38. The molecule has 0 saturated carbocycles. The molecule has 0 aromatic heterocycles. The summed E-state index contributed by atoms with van der Waals surface area (Å²) in [5.74, 6) is -0.141. The fraction of sp³-hybridized carbons (Fsp3) is 0.800. The highest BCUT2D eigenvalue weighted by atomic mass is 16.3. The highest BCUT2D eigenvalue weighted by Crippen LogP contribution is 1.89. The van der Waals surface area contributed by atoms with Crippen LogP contribution in [-0.2, 0) is 9.59 Å². The molecule has 0 aliphatic rings. The predicted octanol–water partition coefficient (Wildman–Crippen LogP) is -0.353. The number of carbonyl (C=O) groups is 2. The molecule has 3 N–H and O–H groups in total. The lowest BCUT2D eigenvalue weighted by molar-refractivity contribution is -0.124. The molecule has 5 nitrogen and oxygen atoms in total. The molecule has 0 saturated heterocycles. The van der Waals surface area contributed by atoms with E-state index in [9.17, 15) is 9.59 Å². The topological polar surface area (TPSA) is 78.4 Å². The third-order valence-corrected chi connectivity index (χ3v) is 1.83. The Hall–Kier alpha value is -1.10. The quantitative estimate of drug-likeness (QED) is 0.509. The monoisotopic (exact) mass is 216 g/mol. The van der Waals surface area contributed by atoms with Crippen LogP contribution in [0.3, 0.4) is 0 Å². The molecule has 0 heterocycles. The Bertz CT molecular complexity index is 205. The van der Waals surface area contributed by atoms with Crippen molar-refractivity contribution in [2.75, 3.05) is 19.7 Å². The van der Waals surface area contributed by atoms with Crippen LogP contribution in [0.25, 0.3) is 0 Å². The smallest absolute Gasteiger partial charge is 0.222 e. The van der Waals surface area contributed by atoms with Gasteiger partial charge in [0.1, 0.15) is 0 Å². The molecule has 88 valence electrons. The molecule has 0 aromatic carbocycles. The van der Waals surface area contributed by atoms with Gasteiger partial charge in [-0.3, -0.25) is 9.59 Å². The van der Waals surface area contributed by atoms with Crippen LogP contribution in [0.5, 0.6) is 0 Å². The van der Waals surface area contributed by atoms with Crippen LogP contribution in [0.4, 0.5) is 0 Å². The van der Waals surface area contributed by atoms with Gasteiger partial charge in [0.2, 0.25) is 11.8 Å². The van der Waals surface area contributed by atoms with E-state index in [4.69, 9.17) is 5.11 Å². The van der Waals surface area contributed by atoms with E-state index in [0.717, 1.165) is 0 Å². The van der Waals surface area contributed by atoms with Crippen LogP contribution in [-0.4, -0.2) is 36.6 Å². The first kappa shape index (κ1) is 13.9. The average molecular weight is 216 g/mol. The number of nitrogens with one attached hydrogen (secondary N) is 2. The molecule has 0 atom stereocenters. The van der Waals surface area contributed by atoms with Gasteiger partial charge in [-0.1, -0.05) is 13.8 Å². The second kappa shape index (κ2) is 8.23. The van der Waals surface area contributed by atoms with Gasteiger partial charge in [-0.15, -0.1) is 0 Å². The number of rotatable bonds is 7. The van der Waals surface area contributed by atoms with Gasteiger partial charge in [0.05, 0.1) is 0 Å². The molecule has 0 aliphatic carbocycles. The molecule has 0 rings (SSSR count). The van der Waals surface area contributed by atoms with Crippen molar-refractivity contribution in [2.45, 2.75) is 26.7 Å². The lowest BCUT2D eigenvalue weighted by Gasteiger charge is -2.08. The Kier molecular flexibility index (Phi) is 7.62. The molecule has 0 unspecified atom stereocenters. The van der Waals surface area contributed by atoms with E-state index in [2.05, 4.69) is 10.6 Å². The Morgan fingerprint density at radius 3 is 2.33 bits per heavy atom. The second-order valence-corrected chi connectivity index (χ2v) is 3.62. The summed E-state index contributed by atoms with van der Waals surface area (Å²) in [4.78, 5) is 22.1. The molecule has 0 aromatic rings. The van der Waals surface area contributed by atoms with Crippen LogP contribution in [0, 0.1) is 5.92 Å². The van der Waals surface area contributed by atoms with Gasteiger partial charge in [-0.25, -0.2) is 0 Å². The highest BCUT2D eigenvalue weighted by molar-refractivity contribution is 5.78. The molecule has 0 spiro atoms. The fourth-order valence-electron chi connectivity index (χ4n) is 0.920. The molecule has 0 aliphatic heterocycles. The SMILES string of the molecule is CC(C)C(=O)NCCNC(=O)CCCO. The summed E-state index contributed by atoms with van der Waals surface area (Å²) in [6.45, 7) is 4.53.